The normalized spacial score (nSPS) is 10.3. The highest BCUT2D eigenvalue weighted by Crippen LogP contribution is 2.12. The summed E-state index contributed by atoms with van der Waals surface area (Å²) < 4.78 is 0. The highest BCUT2D eigenvalue weighted by atomic mass is 35.5. The van der Waals surface area contributed by atoms with Crippen LogP contribution in [-0.4, -0.2) is 25.5 Å². The van der Waals surface area contributed by atoms with Gasteiger partial charge in [-0.05, 0) is 32.6 Å². The second-order valence-electron chi connectivity index (χ2n) is 8.02. The third kappa shape index (κ3) is 23.8. The van der Waals surface area contributed by atoms with Crippen molar-refractivity contribution in [2.75, 3.05) is 20.6 Å². The van der Waals surface area contributed by atoms with Crippen LogP contribution in [0.3, 0.4) is 0 Å². The Morgan fingerprint density at radius 1 is 0.643 bits per heavy atom. The highest BCUT2D eigenvalue weighted by molar-refractivity contribution is 6.17. The molecule has 3 heteroatoms. The number of alkyl halides is 1. The summed E-state index contributed by atoms with van der Waals surface area (Å²) in [6.45, 7) is 3.55. The summed E-state index contributed by atoms with van der Waals surface area (Å²) in [6, 6.07) is 9.96. The molecule has 1 rings (SSSR count). The van der Waals surface area contributed by atoms with Crippen LogP contribution < -0.4 is 0 Å². The Morgan fingerprint density at radius 2 is 1.04 bits per heavy atom. The van der Waals surface area contributed by atoms with Crippen LogP contribution in [0.2, 0.25) is 0 Å². The fraction of sp³-hybridized carbons (Fsp3) is 0.760. The summed E-state index contributed by atoms with van der Waals surface area (Å²) in [7, 11) is 4.34. The minimum atomic E-state index is 0. The van der Waals surface area contributed by atoms with Gasteiger partial charge in [0.1, 0.15) is 0 Å². The van der Waals surface area contributed by atoms with Gasteiger partial charge >= 0.3 is 0 Å². The van der Waals surface area contributed by atoms with E-state index in [0.29, 0.717) is 5.88 Å². The molecule has 28 heavy (non-hydrogen) atoms. The molecule has 166 valence electrons. The number of halogens is 2. The Labute approximate surface area is 188 Å². The van der Waals surface area contributed by atoms with Gasteiger partial charge in [0.05, 0.1) is 0 Å². The van der Waals surface area contributed by atoms with Gasteiger partial charge in [0, 0.05) is 5.88 Å². The predicted octanol–water partition coefficient (Wildman–Crippen LogP) is 8.88. The van der Waals surface area contributed by atoms with Crippen molar-refractivity contribution in [2.24, 2.45) is 0 Å². The molecule has 0 N–H and O–H groups in total. The molecule has 0 bridgehead atoms. The van der Waals surface area contributed by atoms with Crippen molar-refractivity contribution >= 4 is 24.0 Å². The van der Waals surface area contributed by atoms with Crippen molar-refractivity contribution in [3.8, 4) is 0 Å². The number of nitrogens with zero attached hydrogens (tertiary/aromatic N) is 1. The molecule has 0 aliphatic heterocycles. The van der Waals surface area contributed by atoms with Crippen molar-refractivity contribution < 1.29 is 0 Å². The van der Waals surface area contributed by atoms with Crippen LogP contribution in [-0.2, 0) is 5.88 Å². The van der Waals surface area contributed by atoms with E-state index in [0.717, 1.165) is 0 Å². The first-order chi connectivity index (χ1) is 13.2. The Bertz CT molecular complexity index is 381. The summed E-state index contributed by atoms with van der Waals surface area (Å²) in [5, 5.41) is 0. The summed E-state index contributed by atoms with van der Waals surface area (Å²) in [5.41, 5.74) is 1.18. The molecule has 0 aliphatic carbocycles. The Kier molecular flexibility index (Phi) is 26.5. The van der Waals surface area contributed by atoms with Crippen molar-refractivity contribution in [1.29, 1.82) is 0 Å². The Balaban J connectivity index is 0. The second-order valence-corrected chi connectivity index (χ2v) is 8.29. The highest BCUT2D eigenvalue weighted by Gasteiger charge is 1.94. The number of hydrogen-bond acceptors (Lipinski definition) is 1. The lowest BCUT2D eigenvalue weighted by molar-refractivity contribution is 0.389. The minimum Gasteiger partial charge on any atom is -0.309 e. The second kappa shape index (κ2) is 24.8. The van der Waals surface area contributed by atoms with Crippen LogP contribution in [0.25, 0.3) is 0 Å². The van der Waals surface area contributed by atoms with Gasteiger partial charge in [-0.25, -0.2) is 0 Å². The summed E-state index contributed by atoms with van der Waals surface area (Å²) in [5.74, 6) is 0.612. The van der Waals surface area contributed by atoms with Crippen LogP contribution in [0.1, 0.15) is 102 Å². The van der Waals surface area contributed by atoms with Gasteiger partial charge in [-0.15, -0.1) is 24.0 Å². The molecule has 1 nitrogen and oxygen atoms in total. The third-order valence-corrected chi connectivity index (χ3v) is 5.26. The molecular weight excluding hydrogens is 385 g/mol. The van der Waals surface area contributed by atoms with E-state index >= 15 is 0 Å². The SMILES string of the molecule is CCCCCCCCCCCCCCCCN(C)C.Cl.ClCc1ccccc1. The zero-order valence-corrected chi connectivity index (χ0v) is 20.5. The van der Waals surface area contributed by atoms with Gasteiger partial charge < -0.3 is 4.90 Å². The maximum atomic E-state index is 5.53. The zero-order valence-electron chi connectivity index (χ0n) is 18.9. The molecule has 0 saturated carbocycles. The van der Waals surface area contributed by atoms with Gasteiger partial charge in [-0.3, -0.25) is 0 Å². The predicted molar refractivity (Wildman–Crippen MR) is 132 cm³/mol. The van der Waals surface area contributed by atoms with E-state index < -0.39 is 0 Å². The largest absolute Gasteiger partial charge is 0.309 e. The number of benzene rings is 1. The van der Waals surface area contributed by atoms with Crippen LogP contribution in [0.4, 0.5) is 0 Å². The lowest BCUT2D eigenvalue weighted by atomic mass is 10.0. The molecule has 0 aromatic heterocycles. The Hall–Kier alpha value is -0.240. The quantitative estimate of drug-likeness (QED) is 0.186. The monoisotopic (exact) mass is 431 g/mol. The van der Waals surface area contributed by atoms with Crippen LogP contribution in [0.15, 0.2) is 30.3 Å². The molecule has 0 saturated heterocycles. The third-order valence-electron chi connectivity index (χ3n) is 4.96. The molecule has 0 fully saturated rings. The number of hydrogen-bond donors (Lipinski definition) is 0. The van der Waals surface area contributed by atoms with E-state index in [9.17, 15) is 0 Å². The maximum absolute atomic E-state index is 5.53. The fourth-order valence-electron chi connectivity index (χ4n) is 3.19. The summed E-state index contributed by atoms with van der Waals surface area (Å²) in [4.78, 5) is 2.29. The first kappa shape index (κ1) is 30.0. The number of unbranched alkanes of at least 4 members (excludes halogenated alkanes) is 13. The molecule has 0 unspecified atom stereocenters. The minimum absolute atomic E-state index is 0. The molecule has 0 heterocycles. The molecule has 0 atom stereocenters. The van der Waals surface area contributed by atoms with E-state index in [4.69, 9.17) is 11.6 Å². The average Bonchev–Trinajstić information content (AvgIpc) is 2.69. The van der Waals surface area contributed by atoms with Gasteiger partial charge in [-0.1, -0.05) is 121 Å². The average molecular weight is 433 g/mol. The molecule has 0 amide bonds. The van der Waals surface area contributed by atoms with Crippen molar-refractivity contribution in [1.82, 2.24) is 4.90 Å². The fourth-order valence-corrected chi connectivity index (χ4v) is 3.37. The first-order valence-corrected chi connectivity index (χ1v) is 12.0. The van der Waals surface area contributed by atoms with Crippen molar-refractivity contribution in [3.05, 3.63) is 35.9 Å². The Morgan fingerprint density at radius 3 is 1.36 bits per heavy atom. The van der Waals surface area contributed by atoms with E-state index in [1.165, 1.54) is 102 Å². The molecule has 0 radical (unpaired) electrons. The topological polar surface area (TPSA) is 3.24 Å². The molecular formula is C25H47Cl2N. The van der Waals surface area contributed by atoms with Gasteiger partial charge in [0.15, 0.2) is 0 Å². The molecule has 0 spiro atoms. The van der Waals surface area contributed by atoms with Gasteiger partial charge in [0.25, 0.3) is 0 Å². The zero-order chi connectivity index (χ0) is 20.0. The first-order valence-electron chi connectivity index (χ1n) is 11.4. The lowest BCUT2D eigenvalue weighted by Gasteiger charge is -2.08. The molecule has 1 aromatic carbocycles. The van der Waals surface area contributed by atoms with E-state index in [2.05, 4.69) is 25.9 Å². The number of rotatable bonds is 16. The molecule has 1 aromatic rings. The van der Waals surface area contributed by atoms with Gasteiger partial charge in [-0.2, -0.15) is 0 Å². The standard InChI is InChI=1S/C18H39N.C7H7Cl.ClH/c1-4-5-6-7-8-9-10-11-12-13-14-15-16-17-18-19(2)3;8-6-7-4-2-1-3-5-7;/h4-18H2,1-3H3;1-5H,6H2;1H. The van der Waals surface area contributed by atoms with E-state index in [-0.39, 0.29) is 12.4 Å². The van der Waals surface area contributed by atoms with Crippen molar-refractivity contribution in [3.63, 3.8) is 0 Å². The summed E-state index contributed by atoms with van der Waals surface area (Å²) in [6.07, 6.45) is 20.3. The van der Waals surface area contributed by atoms with E-state index in [1.54, 1.807) is 0 Å². The lowest BCUT2D eigenvalue weighted by Crippen LogP contribution is -2.12. The van der Waals surface area contributed by atoms with Crippen LogP contribution >= 0.6 is 24.0 Å². The van der Waals surface area contributed by atoms with Crippen molar-refractivity contribution in [2.45, 2.75) is 103 Å². The summed E-state index contributed by atoms with van der Waals surface area (Å²) >= 11 is 5.53. The van der Waals surface area contributed by atoms with Gasteiger partial charge in [0.2, 0.25) is 0 Å². The maximum Gasteiger partial charge on any atom is 0.0474 e. The van der Waals surface area contributed by atoms with Crippen LogP contribution in [0, 0.1) is 0 Å². The van der Waals surface area contributed by atoms with E-state index in [1.807, 2.05) is 30.3 Å². The smallest absolute Gasteiger partial charge is 0.0474 e. The van der Waals surface area contributed by atoms with Crippen LogP contribution in [0.5, 0.6) is 0 Å². The molecule has 0 aliphatic rings.